The molecule has 0 heterocycles. The molecule has 0 aliphatic rings. The van der Waals surface area contributed by atoms with Crippen molar-refractivity contribution in [3.8, 4) is 11.1 Å². The molecular formula is C27H24Cl2F3N. The lowest BCUT2D eigenvalue weighted by Crippen LogP contribution is -2.21. The van der Waals surface area contributed by atoms with Crippen LogP contribution in [0.4, 0.5) is 13.2 Å². The van der Waals surface area contributed by atoms with Crippen LogP contribution in [0.25, 0.3) is 21.9 Å². The fraction of sp³-hybridized carbons (Fsp3) is 0.185. The van der Waals surface area contributed by atoms with Crippen molar-refractivity contribution in [3.63, 3.8) is 0 Å². The number of alkyl halides is 3. The first-order valence-corrected chi connectivity index (χ1v) is 10.9. The molecule has 0 spiro atoms. The van der Waals surface area contributed by atoms with Crippen LogP contribution >= 0.6 is 24.0 Å². The summed E-state index contributed by atoms with van der Waals surface area (Å²) in [4.78, 5) is 0. The first-order chi connectivity index (χ1) is 15.3. The lowest BCUT2D eigenvalue weighted by Gasteiger charge is -2.16. The topological polar surface area (TPSA) is 12.0 Å². The number of fused-ring (bicyclic) bond motifs is 1. The molecule has 0 aliphatic carbocycles. The maximum Gasteiger partial charge on any atom is 0.416 e. The molecule has 1 N–H and O–H groups in total. The summed E-state index contributed by atoms with van der Waals surface area (Å²) in [6.07, 6.45) is -3.54. The van der Waals surface area contributed by atoms with E-state index in [9.17, 15) is 13.2 Å². The number of benzene rings is 4. The van der Waals surface area contributed by atoms with Crippen LogP contribution in [0.5, 0.6) is 0 Å². The zero-order valence-electron chi connectivity index (χ0n) is 18.0. The lowest BCUT2D eigenvalue weighted by molar-refractivity contribution is -0.137. The van der Waals surface area contributed by atoms with Crippen molar-refractivity contribution >= 4 is 34.8 Å². The third kappa shape index (κ3) is 6.08. The molecule has 0 fully saturated rings. The summed E-state index contributed by atoms with van der Waals surface area (Å²) >= 11 is 6.09. The van der Waals surface area contributed by atoms with Gasteiger partial charge in [-0.3, -0.25) is 0 Å². The first-order valence-electron chi connectivity index (χ1n) is 10.5. The minimum Gasteiger partial charge on any atom is -0.310 e. The Morgan fingerprint density at radius 2 is 1.61 bits per heavy atom. The van der Waals surface area contributed by atoms with E-state index in [0.717, 1.165) is 58.1 Å². The molecule has 6 heteroatoms. The predicted octanol–water partition coefficient (Wildman–Crippen LogP) is 8.49. The molecule has 0 amide bonds. The Labute approximate surface area is 203 Å². The van der Waals surface area contributed by atoms with Crippen molar-refractivity contribution in [2.75, 3.05) is 6.54 Å². The Kier molecular flexibility index (Phi) is 8.06. The zero-order valence-corrected chi connectivity index (χ0v) is 19.6. The third-order valence-electron chi connectivity index (χ3n) is 5.66. The van der Waals surface area contributed by atoms with Crippen molar-refractivity contribution in [2.45, 2.75) is 25.6 Å². The number of nitrogens with one attached hydrogen (secondary N) is 1. The molecule has 0 saturated carbocycles. The van der Waals surface area contributed by atoms with E-state index in [2.05, 4.69) is 24.4 Å². The lowest BCUT2D eigenvalue weighted by atomic mass is 9.94. The Hall–Kier alpha value is -2.53. The molecule has 0 saturated heterocycles. The quantitative estimate of drug-likeness (QED) is 0.286. The number of rotatable bonds is 6. The van der Waals surface area contributed by atoms with Crippen molar-refractivity contribution in [1.82, 2.24) is 5.32 Å². The summed E-state index contributed by atoms with van der Waals surface area (Å²) in [5.41, 5.74) is 3.33. The van der Waals surface area contributed by atoms with Crippen LogP contribution in [-0.4, -0.2) is 6.54 Å². The molecule has 4 aromatic rings. The van der Waals surface area contributed by atoms with Crippen molar-refractivity contribution < 1.29 is 13.2 Å². The van der Waals surface area contributed by atoms with E-state index >= 15 is 0 Å². The van der Waals surface area contributed by atoms with Crippen LogP contribution < -0.4 is 5.32 Å². The standard InChI is InChI=1S/C27H23ClF3N.ClH/c1-18(21-6-4-7-24(28)17-21)32-14-13-19-15-22-5-2-3-8-25(22)26(16-19)20-9-11-23(12-10-20)27(29,30)31;/h2-12,15-18,32H,13-14H2,1H3;1H. The van der Waals surface area contributed by atoms with Gasteiger partial charge in [0.1, 0.15) is 0 Å². The molecule has 0 bridgehead atoms. The molecule has 1 nitrogen and oxygen atoms in total. The third-order valence-corrected chi connectivity index (χ3v) is 5.89. The van der Waals surface area contributed by atoms with Crippen LogP contribution in [0.1, 0.15) is 29.7 Å². The molecular weight excluding hydrogens is 466 g/mol. The molecule has 33 heavy (non-hydrogen) atoms. The van der Waals surface area contributed by atoms with Gasteiger partial charge in [-0.2, -0.15) is 13.2 Å². The second-order valence-corrected chi connectivity index (χ2v) is 8.36. The Bertz CT molecular complexity index is 1220. The van der Waals surface area contributed by atoms with Crippen LogP contribution in [0.2, 0.25) is 5.02 Å². The maximum atomic E-state index is 13.0. The molecule has 1 unspecified atom stereocenters. The summed E-state index contributed by atoms with van der Waals surface area (Å²) in [6.45, 7) is 2.86. The monoisotopic (exact) mass is 489 g/mol. The van der Waals surface area contributed by atoms with Gasteiger partial charge in [-0.05, 0) is 77.2 Å². The number of hydrogen-bond acceptors (Lipinski definition) is 1. The van der Waals surface area contributed by atoms with E-state index in [1.165, 1.54) is 0 Å². The Morgan fingerprint density at radius 1 is 0.879 bits per heavy atom. The zero-order chi connectivity index (χ0) is 22.7. The molecule has 0 aliphatic heterocycles. The largest absolute Gasteiger partial charge is 0.416 e. The van der Waals surface area contributed by atoms with Crippen molar-refractivity contribution in [3.05, 3.63) is 107 Å². The van der Waals surface area contributed by atoms with E-state index in [1.807, 2.05) is 48.5 Å². The second-order valence-electron chi connectivity index (χ2n) is 7.92. The van der Waals surface area contributed by atoms with E-state index in [-0.39, 0.29) is 18.4 Å². The van der Waals surface area contributed by atoms with Gasteiger partial charge in [0.2, 0.25) is 0 Å². The summed E-state index contributed by atoms with van der Waals surface area (Å²) in [5.74, 6) is 0. The summed E-state index contributed by atoms with van der Waals surface area (Å²) < 4.78 is 38.9. The summed E-state index contributed by atoms with van der Waals surface area (Å²) in [6, 6.07) is 25.5. The van der Waals surface area contributed by atoms with Gasteiger partial charge in [0, 0.05) is 11.1 Å². The minimum atomic E-state index is -4.34. The van der Waals surface area contributed by atoms with Gasteiger partial charge >= 0.3 is 6.18 Å². The number of hydrogen-bond donors (Lipinski definition) is 1. The molecule has 172 valence electrons. The van der Waals surface area contributed by atoms with Crippen molar-refractivity contribution in [2.24, 2.45) is 0 Å². The van der Waals surface area contributed by atoms with Gasteiger partial charge in [-0.25, -0.2) is 0 Å². The highest BCUT2D eigenvalue weighted by Crippen LogP contribution is 2.34. The van der Waals surface area contributed by atoms with Crippen LogP contribution in [0.15, 0.2) is 84.9 Å². The fourth-order valence-electron chi connectivity index (χ4n) is 3.92. The average Bonchev–Trinajstić information content (AvgIpc) is 2.78. The van der Waals surface area contributed by atoms with E-state index in [4.69, 9.17) is 11.6 Å². The van der Waals surface area contributed by atoms with Gasteiger partial charge < -0.3 is 5.32 Å². The molecule has 0 radical (unpaired) electrons. The average molecular weight is 490 g/mol. The van der Waals surface area contributed by atoms with E-state index < -0.39 is 11.7 Å². The van der Waals surface area contributed by atoms with E-state index in [0.29, 0.717) is 5.02 Å². The van der Waals surface area contributed by atoms with Crippen LogP contribution in [0, 0.1) is 0 Å². The molecule has 0 aromatic heterocycles. The summed E-state index contributed by atoms with van der Waals surface area (Å²) in [5, 5.41) is 6.33. The minimum absolute atomic E-state index is 0. The van der Waals surface area contributed by atoms with Crippen LogP contribution in [0.3, 0.4) is 0 Å². The van der Waals surface area contributed by atoms with Gasteiger partial charge in [0.15, 0.2) is 0 Å². The maximum absolute atomic E-state index is 13.0. The summed E-state index contributed by atoms with van der Waals surface area (Å²) in [7, 11) is 0. The van der Waals surface area contributed by atoms with E-state index in [1.54, 1.807) is 12.1 Å². The highest BCUT2D eigenvalue weighted by atomic mass is 35.5. The van der Waals surface area contributed by atoms with Gasteiger partial charge in [0.25, 0.3) is 0 Å². The molecule has 4 aromatic carbocycles. The Morgan fingerprint density at radius 3 is 2.30 bits per heavy atom. The highest BCUT2D eigenvalue weighted by molar-refractivity contribution is 6.30. The smallest absolute Gasteiger partial charge is 0.310 e. The SMILES string of the molecule is CC(NCCc1cc(-c2ccc(C(F)(F)F)cc2)c2ccccc2c1)c1cccc(Cl)c1.Cl. The first kappa shape index (κ1) is 25.1. The normalized spacial score (nSPS) is 12.4. The predicted molar refractivity (Wildman–Crippen MR) is 133 cm³/mol. The number of halogens is 5. The second kappa shape index (κ2) is 10.6. The fourth-order valence-corrected chi connectivity index (χ4v) is 4.12. The van der Waals surface area contributed by atoms with Crippen LogP contribution in [-0.2, 0) is 12.6 Å². The Balaban J connectivity index is 0.00000306. The van der Waals surface area contributed by atoms with Gasteiger partial charge in [0.05, 0.1) is 5.56 Å². The van der Waals surface area contributed by atoms with Crippen molar-refractivity contribution in [1.29, 1.82) is 0 Å². The highest BCUT2D eigenvalue weighted by Gasteiger charge is 2.30. The molecule has 1 atom stereocenters. The van der Waals surface area contributed by atoms with Gasteiger partial charge in [-0.1, -0.05) is 72.3 Å². The molecule has 4 rings (SSSR count). The van der Waals surface area contributed by atoms with Gasteiger partial charge in [-0.15, -0.1) is 12.4 Å².